The molecule has 0 spiro atoms. The molecular weight excluding hydrogens is 174 g/mol. The molecule has 2 N–H and O–H groups in total. The van der Waals surface area contributed by atoms with Crippen molar-refractivity contribution in [2.45, 2.75) is 32.7 Å². The zero-order valence-electron chi connectivity index (χ0n) is 7.65. The number of aliphatic imine (C=N–C) groups is 1. The van der Waals surface area contributed by atoms with Gasteiger partial charge in [0, 0.05) is 5.71 Å². The summed E-state index contributed by atoms with van der Waals surface area (Å²) in [6, 6.07) is -1.16. The fraction of sp³-hybridized carbons (Fsp3) is 0.625. The second-order valence-corrected chi connectivity index (χ2v) is 2.67. The van der Waals surface area contributed by atoms with Gasteiger partial charge in [0.05, 0.1) is 6.42 Å². The highest BCUT2D eigenvalue weighted by molar-refractivity contribution is 5.87. The van der Waals surface area contributed by atoms with Gasteiger partial charge in [-0.05, 0) is 13.3 Å². The number of rotatable bonds is 5. The fourth-order valence-corrected chi connectivity index (χ4v) is 0.711. The van der Waals surface area contributed by atoms with Gasteiger partial charge in [0.1, 0.15) is 0 Å². The smallest absolute Gasteiger partial charge is 0.329 e. The maximum absolute atomic E-state index is 10.5. The van der Waals surface area contributed by atoms with Crippen LogP contribution in [0.25, 0.3) is 0 Å². The third kappa shape index (κ3) is 4.95. The second-order valence-electron chi connectivity index (χ2n) is 2.67. The first-order valence-corrected chi connectivity index (χ1v) is 3.95. The molecule has 0 aliphatic rings. The summed E-state index contributed by atoms with van der Waals surface area (Å²) in [6.07, 6.45) is 0.163. The van der Waals surface area contributed by atoms with E-state index in [-0.39, 0.29) is 0 Å². The van der Waals surface area contributed by atoms with Crippen molar-refractivity contribution in [1.82, 2.24) is 0 Å². The summed E-state index contributed by atoms with van der Waals surface area (Å²) in [6.45, 7) is 3.51. The minimum absolute atomic E-state index is 0.466. The monoisotopic (exact) mass is 187 g/mol. The molecule has 0 bridgehead atoms. The molecule has 0 radical (unpaired) electrons. The molecule has 74 valence electrons. The third-order valence-corrected chi connectivity index (χ3v) is 1.54. The zero-order chi connectivity index (χ0) is 10.4. The number of carboxylic acids is 2. The first-order valence-electron chi connectivity index (χ1n) is 3.95. The normalized spacial score (nSPS) is 13.8. The molecule has 13 heavy (non-hydrogen) atoms. The molecule has 1 unspecified atom stereocenters. The van der Waals surface area contributed by atoms with E-state index in [1.165, 1.54) is 0 Å². The Morgan fingerprint density at radius 1 is 1.38 bits per heavy atom. The van der Waals surface area contributed by atoms with Crippen LogP contribution in [0.1, 0.15) is 26.7 Å². The van der Waals surface area contributed by atoms with Gasteiger partial charge in [-0.15, -0.1) is 0 Å². The van der Waals surface area contributed by atoms with Crippen LogP contribution in [0.3, 0.4) is 0 Å². The fourth-order valence-electron chi connectivity index (χ4n) is 0.711. The molecule has 0 aliphatic carbocycles. The van der Waals surface area contributed by atoms with E-state index in [2.05, 4.69) is 4.99 Å². The van der Waals surface area contributed by atoms with Gasteiger partial charge in [-0.25, -0.2) is 4.79 Å². The van der Waals surface area contributed by atoms with Crippen molar-refractivity contribution in [2.24, 2.45) is 4.99 Å². The minimum Gasteiger partial charge on any atom is -0.481 e. The van der Waals surface area contributed by atoms with Crippen molar-refractivity contribution < 1.29 is 19.8 Å². The van der Waals surface area contributed by atoms with Gasteiger partial charge in [0.2, 0.25) is 0 Å². The van der Waals surface area contributed by atoms with E-state index in [1.807, 2.05) is 6.92 Å². The summed E-state index contributed by atoms with van der Waals surface area (Å²) in [5.41, 5.74) is 0.647. The Morgan fingerprint density at radius 3 is 2.23 bits per heavy atom. The van der Waals surface area contributed by atoms with Gasteiger partial charge in [-0.1, -0.05) is 6.92 Å². The van der Waals surface area contributed by atoms with E-state index < -0.39 is 24.4 Å². The highest BCUT2D eigenvalue weighted by atomic mass is 16.4. The predicted octanol–water partition coefficient (Wildman–Crippen LogP) is 0.785. The Labute approximate surface area is 76.1 Å². The van der Waals surface area contributed by atoms with Gasteiger partial charge in [-0.3, -0.25) is 9.79 Å². The number of carbonyl (C=O) groups is 2. The SMILES string of the molecule is CCC(C)=NC(CC(=O)O)C(=O)O. The van der Waals surface area contributed by atoms with E-state index in [1.54, 1.807) is 6.92 Å². The van der Waals surface area contributed by atoms with Gasteiger partial charge < -0.3 is 10.2 Å². The van der Waals surface area contributed by atoms with Crippen LogP contribution in [0.2, 0.25) is 0 Å². The molecule has 5 heteroatoms. The van der Waals surface area contributed by atoms with Crippen LogP contribution in [-0.2, 0) is 9.59 Å². The van der Waals surface area contributed by atoms with Gasteiger partial charge in [0.15, 0.2) is 6.04 Å². The Balaban J connectivity index is 4.43. The van der Waals surface area contributed by atoms with E-state index in [0.29, 0.717) is 12.1 Å². The van der Waals surface area contributed by atoms with Crippen LogP contribution >= 0.6 is 0 Å². The Morgan fingerprint density at radius 2 is 1.92 bits per heavy atom. The first kappa shape index (κ1) is 11.6. The molecule has 0 heterocycles. The van der Waals surface area contributed by atoms with Gasteiger partial charge >= 0.3 is 11.9 Å². The number of aliphatic carboxylic acids is 2. The topological polar surface area (TPSA) is 87.0 Å². The average Bonchev–Trinajstić information content (AvgIpc) is 2.02. The number of nitrogens with zero attached hydrogens (tertiary/aromatic N) is 1. The molecule has 0 aromatic heterocycles. The molecule has 0 rings (SSSR count). The van der Waals surface area contributed by atoms with Crippen molar-refractivity contribution in [1.29, 1.82) is 0 Å². The lowest BCUT2D eigenvalue weighted by molar-refractivity contribution is -0.144. The van der Waals surface area contributed by atoms with Crippen LogP contribution in [0.4, 0.5) is 0 Å². The van der Waals surface area contributed by atoms with E-state index in [0.717, 1.165) is 0 Å². The number of carboxylic acid groups (broad SMARTS) is 2. The van der Waals surface area contributed by atoms with Gasteiger partial charge in [0.25, 0.3) is 0 Å². The lowest BCUT2D eigenvalue weighted by Crippen LogP contribution is -2.22. The van der Waals surface area contributed by atoms with E-state index in [4.69, 9.17) is 10.2 Å². The van der Waals surface area contributed by atoms with Crippen molar-refractivity contribution in [3.05, 3.63) is 0 Å². The molecule has 0 amide bonds. The zero-order valence-corrected chi connectivity index (χ0v) is 7.65. The molecular formula is C8H13NO4. The number of hydrogen-bond acceptors (Lipinski definition) is 3. The highest BCUT2D eigenvalue weighted by Crippen LogP contribution is 2.00. The molecule has 0 saturated carbocycles. The minimum atomic E-state index is -1.20. The quantitative estimate of drug-likeness (QED) is 0.623. The van der Waals surface area contributed by atoms with Crippen LogP contribution in [0, 0.1) is 0 Å². The number of hydrogen-bond donors (Lipinski definition) is 2. The predicted molar refractivity (Wildman–Crippen MR) is 47.1 cm³/mol. The van der Waals surface area contributed by atoms with Crippen molar-refractivity contribution >= 4 is 17.7 Å². The molecule has 0 fully saturated rings. The van der Waals surface area contributed by atoms with Gasteiger partial charge in [-0.2, -0.15) is 0 Å². The Bertz CT molecular complexity index is 234. The summed E-state index contributed by atoms with van der Waals surface area (Å²) in [5, 5.41) is 17.0. The van der Waals surface area contributed by atoms with Crippen molar-refractivity contribution in [3.8, 4) is 0 Å². The van der Waals surface area contributed by atoms with Crippen LogP contribution in [0.15, 0.2) is 4.99 Å². The van der Waals surface area contributed by atoms with E-state index >= 15 is 0 Å². The lowest BCUT2D eigenvalue weighted by atomic mass is 10.2. The van der Waals surface area contributed by atoms with Crippen LogP contribution in [-0.4, -0.2) is 33.9 Å². The Kier molecular flexibility index (Phi) is 4.72. The first-order chi connectivity index (χ1) is 5.97. The van der Waals surface area contributed by atoms with Crippen molar-refractivity contribution in [2.75, 3.05) is 0 Å². The summed E-state index contributed by atoms with van der Waals surface area (Å²) in [4.78, 5) is 24.5. The summed E-state index contributed by atoms with van der Waals surface area (Å²) < 4.78 is 0. The average molecular weight is 187 g/mol. The molecule has 0 aromatic carbocycles. The standard InChI is InChI=1S/C8H13NO4/c1-3-5(2)9-6(8(12)13)4-7(10)11/h6H,3-4H2,1-2H3,(H,10,11)(H,12,13). The van der Waals surface area contributed by atoms with Crippen molar-refractivity contribution in [3.63, 3.8) is 0 Å². The highest BCUT2D eigenvalue weighted by Gasteiger charge is 2.19. The molecule has 0 saturated heterocycles. The lowest BCUT2D eigenvalue weighted by Gasteiger charge is -2.05. The molecule has 0 aliphatic heterocycles. The van der Waals surface area contributed by atoms with Crippen LogP contribution < -0.4 is 0 Å². The van der Waals surface area contributed by atoms with E-state index in [9.17, 15) is 9.59 Å². The summed E-state index contributed by atoms with van der Waals surface area (Å²) in [7, 11) is 0. The summed E-state index contributed by atoms with van der Waals surface area (Å²) in [5.74, 6) is -2.35. The molecule has 5 nitrogen and oxygen atoms in total. The maximum atomic E-state index is 10.5. The largest absolute Gasteiger partial charge is 0.481 e. The van der Waals surface area contributed by atoms with Crippen LogP contribution in [0.5, 0.6) is 0 Å². The second kappa shape index (κ2) is 5.29. The maximum Gasteiger partial charge on any atom is 0.329 e. The summed E-state index contributed by atoms with van der Waals surface area (Å²) >= 11 is 0. The third-order valence-electron chi connectivity index (χ3n) is 1.54. The Hall–Kier alpha value is -1.39. The molecule has 0 aromatic rings. The molecule has 1 atom stereocenters.